The Morgan fingerprint density at radius 2 is 2.21 bits per heavy atom. The van der Waals surface area contributed by atoms with Gasteiger partial charge < -0.3 is 20.7 Å². The molecule has 3 N–H and O–H groups in total. The highest BCUT2D eigenvalue weighted by atomic mass is 19.3. The molecule has 24 heavy (non-hydrogen) atoms. The summed E-state index contributed by atoms with van der Waals surface area (Å²) in [6, 6.07) is 3.67. The molecule has 132 valence electrons. The molecule has 2 rings (SSSR count). The number of hydrogen-bond acceptors (Lipinski definition) is 3. The van der Waals surface area contributed by atoms with E-state index in [1.807, 2.05) is 0 Å². The Morgan fingerprint density at radius 1 is 1.42 bits per heavy atom. The predicted octanol–water partition coefficient (Wildman–Crippen LogP) is 2.43. The molecule has 0 saturated carbocycles. The van der Waals surface area contributed by atoms with Gasteiger partial charge in [-0.2, -0.15) is 0 Å². The number of carbonyl (C=O) groups excluding carboxylic acids is 2. The van der Waals surface area contributed by atoms with Crippen LogP contribution in [0.2, 0.25) is 0 Å². The number of benzene rings is 1. The molecule has 1 atom stereocenters. The number of carbonyl (C=O) groups is 2. The van der Waals surface area contributed by atoms with Crippen molar-refractivity contribution in [2.75, 3.05) is 18.5 Å². The molecular formula is C16H21F2N3O3. The van der Waals surface area contributed by atoms with Crippen LogP contribution in [-0.4, -0.2) is 37.6 Å². The zero-order chi connectivity index (χ0) is 17.5. The van der Waals surface area contributed by atoms with E-state index in [1.54, 1.807) is 19.1 Å². The Bertz CT molecular complexity index is 596. The summed E-state index contributed by atoms with van der Waals surface area (Å²) in [5, 5.41) is 7.94. The zero-order valence-electron chi connectivity index (χ0n) is 13.4. The lowest BCUT2D eigenvalue weighted by molar-refractivity contribution is -0.122. The van der Waals surface area contributed by atoms with Gasteiger partial charge in [-0.15, -0.1) is 0 Å². The summed E-state index contributed by atoms with van der Waals surface area (Å²) in [5.74, 6) is 0.0767. The van der Waals surface area contributed by atoms with Gasteiger partial charge in [0.2, 0.25) is 5.91 Å². The maximum atomic E-state index is 12.3. The Kier molecular flexibility index (Phi) is 6.34. The first-order chi connectivity index (χ1) is 11.5. The lowest BCUT2D eigenvalue weighted by atomic mass is 10.1. The van der Waals surface area contributed by atoms with Gasteiger partial charge >= 0.3 is 6.03 Å². The molecule has 1 aromatic rings. The standard InChI is InChI=1S/C16H21F2N3O3/c1-10-5-6-11(8-13(10)24-9-14(17)18)20-16(23)21-12-4-2-3-7-19-15(12)22/h5-6,8,12,14H,2-4,7,9H2,1H3,(H,19,22)(H2,20,21,23). The number of halogens is 2. The molecule has 0 radical (unpaired) electrons. The molecule has 1 fully saturated rings. The van der Waals surface area contributed by atoms with E-state index in [-0.39, 0.29) is 11.7 Å². The van der Waals surface area contributed by atoms with Gasteiger partial charge in [-0.05, 0) is 37.8 Å². The van der Waals surface area contributed by atoms with Gasteiger partial charge in [-0.25, -0.2) is 13.6 Å². The Morgan fingerprint density at radius 3 is 2.96 bits per heavy atom. The van der Waals surface area contributed by atoms with Crippen LogP contribution in [0.5, 0.6) is 5.75 Å². The number of urea groups is 1. The van der Waals surface area contributed by atoms with E-state index >= 15 is 0 Å². The van der Waals surface area contributed by atoms with Crippen LogP contribution in [0.1, 0.15) is 24.8 Å². The quantitative estimate of drug-likeness (QED) is 0.769. The van der Waals surface area contributed by atoms with Gasteiger partial charge in [0.15, 0.2) is 0 Å². The first-order valence-corrected chi connectivity index (χ1v) is 7.82. The molecular weight excluding hydrogens is 320 g/mol. The number of anilines is 1. The number of alkyl halides is 2. The molecule has 6 nitrogen and oxygen atoms in total. The molecule has 0 aliphatic carbocycles. The number of ether oxygens (including phenoxy) is 1. The van der Waals surface area contributed by atoms with E-state index in [9.17, 15) is 18.4 Å². The Labute approximate surface area is 138 Å². The fourth-order valence-corrected chi connectivity index (χ4v) is 2.39. The third-order valence-corrected chi connectivity index (χ3v) is 3.65. The average Bonchev–Trinajstić information content (AvgIpc) is 2.72. The topological polar surface area (TPSA) is 79.5 Å². The smallest absolute Gasteiger partial charge is 0.319 e. The molecule has 3 amide bonds. The van der Waals surface area contributed by atoms with Crippen molar-refractivity contribution >= 4 is 17.6 Å². The molecule has 8 heteroatoms. The summed E-state index contributed by atoms with van der Waals surface area (Å²) in [6.45, 7) is 1.63. The molecule has 1 aliphatic rings. The van der Waals surface area contributed by atoms with Gasteiger partial charge in [0.05, 0.1) is 0 Å². The second kappa shape index (κ2) is 8.47. The highest BCUT2D eigenvalue weighted by Crippen LogP contribution is 2.23. The maximum absolute atomic E-state index is 12.3. The monoisotopic (exact) mass is 341 g/mol. The van der Waals surface area contributed by atoms with Crippen LogP contribution in [0.4, 0.5) is 19.3 Å². The van der Waals surface area contributed by atoms with E-state index in [0.29, 0.717) is 24.2 Å². The second-order valence-corrected chi connectivity index (χ2v) is 5.62. The Balaban J connectivity index is 1.95. The number of amides is 3. The van der Waals surface area contributed by atoms with Gasteiger partial charge in [-0.3, -0.25) is 4.79 Å². The minimum atomic E-state index is -2.57. The highest BCUT2D eigenvalue weighted by molar-refractivity contribution is 5.93. The van der Waals surface area contributed by atoms with Crippen molar-refractivity contribution in [3.05, 3.63) is 23.8 Å². The van der Waals surface area contributed by atoms with Crippen molar-refractivity contribution in [1.82, 2.24) is 10.6 Å². The maximum Gasteiger partial charge on any atom is 0.319 e. The fourth-order valence-electron chi connectivity index (χ4n) is 2.39. The SMILES string of the molecule is Cc1ccc(NC(=O)NC2CCCCNC2=O)cc1OCC(F)F. The third kappa shape index (κ3) is 5.36. The van der Waals surface area contributed by atoms with Gasteiger partial charge in [0.25, 0.3) is 6.43 Å². The minimum Gasteiger partial charge on any atom is -0.487 e. The molecule has 1 unspecified atom stereocenters. The van der Waals surface area contributed by atoms with Crippen molar-refractivity contribution in [2.45, 2.75) is 38.7 Å². The summed E-state index contributed by atoms with van der Waals surface area (Å²) in [6.07, 6.45) is -0.262. The lowest BCUT2D eigenvalue weighted by Crippen LogP contribution is -2.47. The summed E-state index contributed by atoms with van der Waals surface area (Å²) in [5.41, 5.74) is 1.08. The third-order valence-electron chi connectivity index (χ3n) is 3.65. The summed E-state index contributed by atoms with van der Waals surface area (Å²) < 4.78 is 29.5. The summed E-state index contributed by atoms with van der Waals surface area (Å²) in [7, 11) is 0. The van der Waals surface area contributed by atoms with E-state index in [4.69, 9.17) is 4.74 Å². The predicted molar refractivity (Wildman–Crippen MR) is 85.5 cm³/mol. The van der Waals surface area contributed by atoms with Crippen LogP contribution in [-0.2, 0) is 4.79 Å². The number of aryl methyl sites for hydroxylation is 1. The van der Waals surface area contributed by atoms with Crippen LogP contribution in [0, 0.1) is 6.92 Å². The van der Waals surface area contributed by atoms with E-state index in [1.165, 1.54) is 6.07 Å². The van der Waals surface area contributed by atoms with Crippen molar-refractivity contribution in [2.24, 2.45) is 0 Å². The van der Waals surface area contributed by atoms with Crippen LogP contribution in [0.15, 0.2) is 18.2 Å². The van der Waals surface area contributed by atoms with Crippen LogP contribution >= 0.6 is 0 Å². The van der Waals surface area contributed by atoms with Crippen LogP contribution < -0.4 is 20.7 Å². The fraction of sp³-hybridized carbons (Fsp3) is 0.500. The largest absolute Gasteiger partial charge is 0.487 e. The van der Waals surface area contributed by atoms with E-state index in [2.05, 4.69) is 16.0 Å². The lowest BCUT2D eigenvalue weighted by Gasteiger charge is -2.16. The molecule has 0 spiro atoms. The molecule has 0 aromatic heterocycles. The molecule has 1 heterocycles. The number of rotatable bonds is 5. The van der Waals surface area contributed by atoms with Crippen molar-refractivity contribution in [3.63, 3.8) is 0 Å². The minimum absolute atomic E-state index is 0.201. The first kappa shape index (κ1) is 18.0. The highest BCUT2D eigenvalue weighted by Gasteiger charge is 2.22. The van der Waals surface area contributed by atoms with Crippen molar-refractivity contribution in [1.29, 1.82) is 0 Å². The first-order valence-electron chi connectivity index (χ1n) is 7.82. The normalized spacial score (nSPS) is 17.8. The molecule has 1 saturated heterocycles. The van der Waals surface area contributed by atoms with Gasteiger partial charge in [-0.1, -0.05) is 6.07 Å². The number of nitrogens with one attached hydrogen (secondary N) is 3. The summed E-state index contributed by atoms with van der Waals surface area (Å²) in [4.78, 5) is 23.8. The molecule has 1 aliphatic heterocycles. The van der Waals surface area contributed by atoms with Gasteiger partial charge in [0.1, 0.15) is 18.4 Å². The zero-order valence-corrected chi connectivity index (χ0v) is 13.4. The average molecular weight is 341 g/mol. The molecule has 0 bridgehead atoms. The van der Waals surface area contributed by atoms with Crippen molar-refractivity contribution < 1.29 is 23.1 Å². The summed E-state index contributed by atoms with van der Waals surface area (Å²) >= 11 is 0. The van der Waals surface area contributed by atoms with Crippen molar-refractivity contribution in [3.8, 4) is 5.75 Å². The van der Waals surface area contributed by atoms with E-state index in [0.717, 1.165) is 12.8 Å². The van der Waals surface area contributed by atoms with E-state index < -0.39 is 25.1 Å². The van der Waals surface area contributed by atoms with Gasteiger partial charge in [0, 0.05) is 18.3 Å². The number of hydrogen-bond donors (Lipinski definition) is 3. The Hall–Kier alpha value is -2.38. The second-order valence-electron chi connectivity index (χ2n) is 5.62. The molecule has 1 aromatic carbocycles. The van der Waals surface area contributed by atoms with Crippen LogP contribution in [0.25, 0.3) is 0 Å². The van der Waals surface area contributed by atoms with Crippen LogP contribution in [0.3, 0.4) is 0 Å².